The molecule has 1 aliphatic carbocycles. The van der Waals surface area contributed by atoms with E-state index in [0.717, 1.165) is 0 Å². The Morgan fingerprint density at radius 1 is 1.12 bits per heavy atom. The summed E-state index contributed by atoms with van der Waals surface area (Å²) in [5.41, 5.74) is 0. The van der Waals surface area contributed by atoms with Gasteiger partial charge in [-0.2, -0.15) is 26.0 Å². The number of halogens is 6. The van der Waals surface area contributed by atoms with Crippen molar-refractivity contribution in [2.24, 2.45) is 0 Å². The minimum absolute atomic E-state index is 1.43. The summed E-state index contributed by atoms with van der Waals surface area (Å²) in [6.07, 6.45) is -6.54. The predicted molar refractivity (Wildman–Crippen MR) is 39.4 cm³/mol. The zero-order valence-electron chi connectivity index (χ0n) is 7.43. The van der Waals surface area contributed by atoms with E-state index in [4.69, 9.17) is 4.55 Å². The summed E-state index contributed by atoms with van der Waals surface area (Å²) in [6, 6.07) is 0. The Kier molecular flexibility index (Phi) is 2.75. The van der Waals surface area contributed by atoms with E-state index in [-0.39, 0.29) is 0 Å². The second kappa shape index (κ2) is 3.25. The molecule has 1 fully saturated rings. The Bertz CT molecular complexity index is 393. The molecule has 3 nitrogen and oxygen atoms in total. The fraction of sp³-hybridized carbons (Fsp3) is 1.00. The van der Waals surface area contributed by atoms with Gasteiger partial charge in [0.05, 0.1) is 0 Å². The molecule has 1 rings (SSSR count). The van der Waals surface area contributed by atoms with Crippen molar-refractivity contribution in [2.45, 2.75) is 35.9 Å². The molecule has 2 atom stereocenters. The van der Waals surface area contributed by atoms with Crippen molar-refractivity contribution >= 4 is 10.1 Å². The van der Waals surface area contributed by atoms with Crippen LogP contribution in [0.15, 0.2) is 0 Å². The Morgan fingerprint density at radius 2 is 1.56 bits per heavy atom. The van der Waals surface area contributed by atoms with E-state index in [0.29, 0.717) is 0 Å². The third-order valence-electron chi connectivity index (χ3n) is 2.41. The third kappa shape index (κ3) is 1.42. The maximum Gasteiger partial charge on any atom is 0.363 e. The first-order valence-corrected chi connectivity index (χ1v) is 5.37. The van der Waals surface area contributed by atoms with Crippen LogP contribution >= 0.6 is 0 Å². The van der Waals surface area contributed by atoms with Crippen LogP contribution in [0, 0.1) is 0 Å². The molecule has 0 aliphatic heterocycles. The molecule has 1 N–H and O–H groups in total. The van der Waals surface area contributed by atoms with Gasteiger partial charge in [-0.3, -0.25) is 4.55 Å². The zero-order chi connectivity index (χ0) is 13.0. The molecule has 0 spiro atoms. The third-order valence-corrected chi connectivity index (χ3v) is 3.69. The van der Waals surface area contributed by atoms with Crippen molar-refractivity contribution in [1.29, 1.82) is 0 Å². The lowest BCUT2D eigenvalue weighted by atomic mass is 9.89. The van der Waals surface area contributed by atoms with E-state index in [1.807, 2.05) is 0 Å². The summed E-state index contributed by atoms with van der Waals surface area (Å²) in [7, 11) is -6.09. The van der Waals surface area contributed by atoms with Crippen LogP contribution in [0.25, 0.3) is 0 Å². The predicted octanol–water partition coefficient (Wildman–Crippen LogP) is 1.94. The Balaban J connectivity index is 3.38. The fourth-order valence-corrected chi connectivity index (χ4v) is 2.22. The highest BCUT2D eigenvalue weighted by molar-refractivity contribution is 7.87. The van der Waals surface area contributed by atoms with E-state index in [1.54, 1.807) is 0 Å². The van der Waals surface area contributed by atoms with Crippen molar-refractivity contribution < 1.29 is 39.3 Å². The van der Waals surface area contributed by atoms with Gasteiger partial charge >= 0.3 is 27.0 Å². The molecule has 0 radical (unpaired) electrons. The summed E-state index contributed by atoms with van der Waals surface area (Å²) < 4.78 is 106. The van der Waals surface area contributed by atoms with Crippen LogP contribution in [-0.2, 0) is 10.1 Å². The summed E-state index contributed by atoms with van der Waals surface area (Å²) in [4.78, 5) is 0. The van der Waals surface area contributed by atoms with E-state index < -0.39 is 46.0 Å². The van der Waals surface area contributed by atoms with E-state index in [9.17, 15) is 34.8 Å². The van der Waals surface area contributed by atoms with Crippen molar-refractivity contribution in [3.63, 3.8) is 0 Å². The molecule has 10 heteroatoms. The molecule has 0 saturated heterocycles. The van der Waals surface area contributed by atoms with Gasteiger partial charge in [0.15, 0.2) is 6.17 Å². The fourth-order valence-electron chi connectivity index (χ4n) is 1.39. The first kappa shape index (κ1) is 13.6. The molecule has 96 valence electrons. The average molecular weight is 272 g/mol. The lowest BCUT2D eigenvalue weighted by Crippen LogP contribution is -2.66. The van der Waals surface area contributed by atoms with Crippen molar-refractivity contribution in [2.75, 3.05) is 0 Å². The van der Waals surface area contributed by atoms with Gasteiger partial charge in [-0.25, -0.2) is 8.78 Å². The minimum atomic E-state index is -6.09. The topological polar surface area (TPSA) is 54.4 Å². The normalized spacial score (nSPS) is 38.3. The van der Waals surface area contributed by atoms with E-state index in [2.05, 4.69) is 0 Å². The summed E-state index contributed by atoms with van der Waals surface area (Å²) in [5, 5.41) is -4.87. The van der Waals surface area contributed by atoms with E-state index in [1.165, 1.54) is 0 Å². The first-order valence-electron chi connectivity index (χ1n) is 3.93. The molecule has 0 bridgehead atoms. The maximum absolute atomic E-state index is 13.3. The molecule has 0 heterocycles. The molecule has 1 saturated carbocycles. The highest BCUT2D eigenvalue weighted by atomic mass is 32.2. The highest BCUT2D eigenvalue weighted by Crippen LogP contribution is 2.55. The average Bonchev–Trinajstić information content (AvgIpc) is 2.08. The van der Waals surface area contributed by atoms with Gasteiger partial charge in [-0.05, 0) is 6.42 Å². The zero-order valence-corrected chi connectivity index (χ0v) is 8.25. The maximum atomic E-state index is 13.3. The molecule has 2 unspecified atom stereocenters. The lowest BCUT2D eigenvalue weighted by Gasteiger charge is -2.41. The number of alkyl halides is 6. The number of rotatable bonds is 1. The minimum Gasteiger partial charge on any atom is -0.283 e. The van der Waals surface area contributed by atoms with Crippen LogP contribution in [0.5, 0.6) is 0 Å². The molecule has 1 aliphatic rings. The van der Waals surface area contributed by atoms with Crippen LogP contribution in [0.3, 0.4) is 0 Å². The standard InChI is InChI=1S/C6H6F6O3S/c7-3-1-2-4(8,16(13,14)15)6(11,12)5(3,9)10/h3H,1-2H2,(H,13,14,15). The molecule has 0 aromatic heterocycles. The lowest BCUT2D eigenvalue weighted by molar-refractivity contribution is -0.294. The van der Waals surface area contributed by atoms with Gasteiger partial charge in [0, 0.05) is 6.42 Å². The van der Waals surface area contributed by atoms with Crippen molar-refractivity contribution in [3.05, 3.63) is 0 Å². The second-order valence-corrected chi connectivity index (χ2v) is 5.00. The molecule has 0 aromatic rings. The summed E-state index contributed by atoms with van der Waals surface area (Å²) >= 11 is 0. The van der Waals surface area contributed by atoms with E-state index >= 15 is 0 Å². The van der Waals surface area contributed by atoms with Crippen molar-refractivity contribution in [1.82, 2.24) is 0 Å². The highest BCUT2D eigenvalue weighted by Gasteiger charge is 2.80. The number of hydrogen-bond donors (Lipinski definition) is 1. The van der Waals surface area contributed by atoms with Crippen LogP contribution in [0.4, 0.5) is 26.3 Å². The van der Waals surface area contributed by atoms with Gasteiger partial charge in [-0.15, -0.1) is 0 Å². The molecule has 0 amide bonds. The molecular formula is C6H6F6O3S. The monoisotopic (exact) mass is 272 g/mol. The SMILES string of the molecule is O=S(=O)(O)C1(F)CCC(F)C(F)(F)C1(F)F. The second-order valence-electron chi connectivity index (χ2n) is 3.41. The molecule has 16 heavy (non-hydrogen) atoms. The summed E-state index contributed by atoms with van der Waals surface area (Å²) in [6.45, 7) is 0. The number of hydrogen-bond acceptors (Lipinski definition) is 2. The summed E-state index contributed by atoms with van der Waals surface area (Å²) in [5.74, 6) is -11.3. The quantitative estimate of drug-likeness (QED) is 0.586. The molecular weight excluding hydrogens is 266 g/mol. The van der Waals surface area contributed by atoms with Gasteiger partial charge < -0.3 is 0 Å². The van der Waals surface area contributed by atoms with Crippen LogP contribution < -0.4 is 0 Å². The first-order chi connectivity index (χ1) is 6.88. The van der Waals surface area contributed by atoms with Crippen LogP contribution in [0.2, 0.25) is 0 Å². The van der Waals surface area contributed by atoms with Crippen LogP contribution in [-0.4, -0.2) is 36.0 Å². The largest absolute Gasteiger partial charge is 0.363 e. The van der Waals surface area contributed by atoms with Gasteiger partial charge in [-0.1, -0.05) is 0 Å². The smallest absolute Gasteiger partial charge is 0.283 e. The van der Waals surface area contributed by atoms with Gasteiger partial charge in [0.1, 0.15) is 0 Å². The van der Waals surface area contributed by atoms with Crippen LogP contribution in [0.1, 0.15) is 12.8 Å². The Hall–Kier alpha value is -0.510. The van der Waals surface area contributed by atoms with Crippen molar-refractivity contribution in [3.8, 4) is 0 Å². The Morgan fingerprint density at radius 3 is 1.94 bits per heavy atom. The Labute approximate surface area is 86.2 Å². The van der Waals surface area contributed by atoms with Gasteiger partial charge in [0.2, 0.25) is 0 Å². The van der Waals surface area contributed by atoms with Gasteiger partial charge in [0.25, 0.3) is 0 Å². The molecule has 0 aromatic carbocycles.